The number of aryl methyl sites for hydroxylation is 1. The second-order valence-electron chi connectivity index (χ2n) is 2.79. The summed E-state index contributed by atoms with van der Waals surface area (Å²) in [5.74, 6) is 0. The van der Waals surface area contributed by atoms with Crippen molar-refractivity contribution in [2.75, 3.05) is 0 Å². The third-order valence-corrected chi connectivity index (χ3v) is 1.87. The van der Waals surface area contributed by atoms with E-state index in [9.17, 15) is 18.1 Å². The lowest BCUT2D eigenvalue weighted by Gasteiger charge is -2.09. The van der Waals surface area contributed by atoms with Gasteiger partial charge in [0.05, 0.1) is 5.56 Å². The molecule has 1 aromatic rings. The minimum Gasteiger partial charge on any atom is -0.166 e. The molecule has 76 valence electrons. The normalized spacial score (nSPS) is 11.4. The molecule has 0 aliphatic carbocycles. The highest BCUT2D eigenvalue weighted by atomic mass is 19.4. The SMILES string of the molecule is CCc1ccc(N=O)c(C(F)(F)F)c1. The summed E-state index contributed by atoms with van der Waals surface area (Å²) < 4.78 is 37.1. The monoisotopic (exact) mass is 203 g/mol. The molecule has 0 radical (unpaired) electrons. The first kappa shape index (κ1) is 10.7. The average Bonchev–Trinajstić information content (AvgIpc) is 2.15. The lowest BCUT2D eigenvalue weighted by atomic mass is 10.1. The quantitative estimate of drug-likeness (QED) is 0.674. The molecule has 0 aromatic heterocycles. The van der Waals surface area contributed by atoms with Gasteiger partial charge in [-0.1, -0.05) is 13.0 Å². The minimum absolute atomic E-state index is 0.488. The van der Waals surface area contributed by atoms with Gasteiger partial charge in [-0.15, -0.1) is 4.91 Å². The van der Waals surface area contributed by atoms with E-state index in [1.165, 1.54) is 6.07 Å². The van der Waals surface area contributed by atoms with Gasteiger partial charge < -0.3 is 0 Å². The van der Waals surface area contributed by atoms with Gasteiger partial charge in [-0.2, -0.15) is 13.2 Å². The molecule has 0 bridgehead atoms. The standard InChI is InChI=1S/C9H8F3NO/c1-2-6-3-4-8(13-14)7(5-6)9(10,11)12/h3-5H,2H2,1H3. The number of hydrogen-bond donors (Lipinski definition) is 0. The third kappa shape index (κ3) is 2.10. The molecule has 2 nitrogen and oxygen atoms in total. The van der Waals surface area contributed by atoms with Crippen LogP contribution < -0.4 is 0 Å². The molecule has 14 heavy (non-hydrogen) atoms. The van der Waals surface area contributed by atoms with Gasteiger partial charge in [0.2, 0.25) is 0 Å². The van der Waals surface area contributed by atoms with Gasteiger partial charge >= 0.3 is 6.18 Å². The molecule has 0 saturated heterocycles. The van der Waals surface area contributed by atoms with Crippen molar-refractivity contribution < 1.29 is 13.2 Å². The lowest BCUT2D eigenvalue weighted by Crippen LogP contribution is -2.05. The maximum absolute atomic E-state index is 12.4. The van der Waals surface area contributed by atoms with E-state index in [1.54, 1.807) is 6.92 Å². The molecular formula is C9H8F3NO. The van der Waals surface area contributed by atoms with Gasteiger partial charge in [0.1, 0.15) is 5.69 Å². The number of benzene rings is 1. The van der Waals surface area contributed by atoms with Gasteiger partial charge in [0, 0.05) is 0 Å². The Bertz CT molecular complexity index is 346. The summed E-state index contributed by atoms with van der Waals surface area (Å²) in [6.07, 6.45) is -4.03. The van der Waals surface area contributed by atoms with Crippen molar-refractivity contribution in [1.82, 2.24) is 0 Å². The highest BCUT2D eigenvalue weighted by Gasteiger charge is 2.34. The van der Waals surface area contributed by atoms with E-state index in [0.29, 0.717) is 12.0 Å². The number of nitroso groups, excluding NO2 is 1. The molecule has 0 N–H and O–H groups in total. The minimum atomic E-state index is -4.52. The van der Waals surface area contributed by atoms with Gasteiger partial charge in [-0.3, -0.25) is 0 Å². The average molecular weight is 203 g/mol. The van der Waals surface area contributed by atoms with Crippen LogP contribution in [0.15, 0.2) is 23.4 Å². The summed E-state index contributed by atoms with van der Waals surface area (Å²) in [4.78, 5) is 10.1. The number of nitrogens with zero attached hydrogens (tertiary/aromatic N) is 1. The molecule has 0 spiro atoms. The summed E-state index contributed by atoms with van der Waals surface area (Å²) in [7, 11) is 0. The van der Waals surface area contributed by atoms with E-state index < -0.39 is 17.4 Å². The van der Waals surface area contributed by atoms with E-state index in [4.69, 9.17) is 0 Å². The summed E-state index contributed by atoms with van der Waals surface area (Å²) in [5, 5.41) is 2.34. The largest absolute Gasteiger partial charge is 0.418 e. The second kappa shape index (κ2) is 3.77. The third-order valence-electron chi connectivity index (χ3n) is 1.87. The van der Waals surface area contributed by atoms with E-state index >= 15 is 0 Å². The van der Waals surface area contributed by atoms with Crippen molar-refractivity contribution >= 4 is 5.69 Å². The Labute approximate surface area is 78.7 Å². The molecular weight excluding hydrogens is 195 g/mol. The Hall–Kier alpha value is -1.39. The van der Waals surface area contributed by atoms with Crippen molar-refractivity contribution in [2.24, 2.45) is 5.18 Å². The highest BCUT2D eigenvalue weighted by Crippen LogP contribution is 2.36. The zero-order valence-electron chi connectivity index (χ0n) is 7.43. The molecule has 1 rings (SSSR count). The summed E-state index contributed by atoms with van der Waals surface area (Å²) in [5.41, 5.74) is -0.994. The zero-order valence-corrected chi connectivity index (χ0v) is 7.43. The van der Waals surface area contributed by atoms with Crippen LogP contribution in [0.25, 0.3) is 0 Å². The first-order chi connectivity index (χ1) is 6.49. The molecule has 1 aromatic carbocycles. The zero-order chi connectivity index (χ0) is 10.8. The number of alkyl halides is 3. The van der Waals surface area contributed by atoms with E-state index in [-0.39, 0.29) is 0 Å². The molecule has 0 amide bonds. The Morgan fingerprint density at radius 3 is 2.43 bits per heavy atom. The van der Waals surface area contributed by atoms with E-state index in [1.807, 2.05) is 0 Å². The molecule has 0 unspecified atom stereocenters. The van der Waals surface area contributed by atoms with Gasteiger partial charge in [0.25, 0.3) is 0 Å². The smallest absolute Gasteiger partial charge is 0.166 e. The van der Waals surface area contributed by atoms with Crippen LogP contribution >= 0.6 is 0 Å². The van der Waals surface area contributed by atoms with Crippen LogP contribution in [0.4, 0.5) is 18.9 Å². The van der Waals surface area contributed by atoms with Crippen molar-refractivity contribution in [3.8, 4) is 0 Å². The van der Waals surface area contributed by atoms with Gasteiger partial charge in [-0.05, 0) is 29.3 Å². The van der Waals surface area contributed by atoms with Crippen LogP contribution in [-0.4, -0.2) is 0 Å². The number of hydrogen-bond acceptors (Lipinski definition) is 2. The first-order valence-electron chi connectivity index (χ1n) is 4.02. The summed E-state index contributed by atoms with van der Waals surface area (Å²) in [6.45, 7) is 1.74. The Morgan fingerprint density at radius 1 is 1.36 bits per heavy atom. The Kier molecular flexibility index (Phi) is 2.88. The maximum Gasteiger partial charge on any atom is 0.418 e. The van der Waals surface area contributed by atoms with Crippen molar-refractivity contribution in [1.29, 1.82) is 0 Å². The van der Waals surface area contributed by atoms with Crippen molar-refractivity contribution in [2.45, 2.75) is 19.5 Å². The molecule has 0 aliphatic rings. The van der Waals surface area contributed by atoms with Crippen molar-refractivity contribution in [3.05, 3.63) is 34.2 Å². The summed E-state index contributed by atoms with van der Waals surface area (Å²) >= 11 is 0. The first-order valence-corrected chi connectivity index (χ1v) is 4.02. The summed E-state index contributed by atoms with van der Waals surface area (Å²) in [6, 6.07) is 3.51. The highest BCUT2D eigenvalue weighted by molar-refractivity contribution is 5.49. The molecule has 0 fully saturated rings. The van der Waals surface area contributed by atoms with Crippen LogP contribution in [0.2, 0.25) is 0 Å². The molecule has 5 heteroatoms. The van der Waals surface area contributed by atoms with Crippen LogP contribution in [0, 0.1) is 4.91 Å². The predicted molar refractivity (Wildman–Crippen MR) is 46.3 cm³/mol. The fraction of sp³-hybridized carbons (Fsp3) is 0.333. The van der Waals surface area contributed by atoms with E-state index in [2.05, 4.69) is 5.18 Å². The fourth-order valence-electron chi connectivity index (χ4n) is 1.11. The van der Waals surface area contributed by atoms with Crippen LogP contribution in [0.5, 0.6) is 0 Å². The molecule has 0 atom stereocenters. The fourth-order valence-corrected chi connectivity index (χ4v) is 1.11. The molecule has 0 heterocycles. The van der Waals surface area contributed by atoms with E-state index in [0.717, 1.165) is 12.1 Å². The van der Waals surface area contributed by atoms with Crippen molar-refractivity contribution in [3.63, 3.8) is 0 Å². The van der Waals surface area contributed by atoms with Crippen LogP contribution in [0.3, 0.4) is 0 Å². The topological polar surface area (TPSA) is 29.4 Å². The maximum atomic E-state index is 12.4. The predicted octanol–water partition coefficient (Wildman–Crippen LogP) is 3.67. The molecule has 0 aliphatic heterocycles. The van der Waals surface area contributed by atoms with Gasteiger partial charge in [0.15, 0.2) is 0 Å². The van der Waals surface area contributed by atoms with Gasteiger partial charge in [-0.25, -0.2) is 0 Å². The van der Waals surface area contributed by atoms with Crippen LogP contribution in [-0.2, 0) is 12.6 Å². The number of halogens is 3. The lowest BCUT2D eigenvalue weighted by molar-refractivity contribution is -0.137. The number of rotatable bonds is 2. The Morgan fingerprint density at radius 2 is 2.00 bits per heavy atom. The molecule has 0 saturated carbocycles. The van der Waals surface area contributed by atoms with Crippen LogP contribution in [0.1, 0.15) is 18.1 Å². The second-order valence-corrected chi connectivity index (χ2v) is 2.79. The Balaban J connectivity index is 3.29.